The zero-order valence-electron chi connectivity index (χ0n) is 11.6. The number of nitrogens with zero attached hydrogens (tertiary/aromatic N) is 1. The molecule has 0 bridgehead atoms. The molecule has 0 unspecified atom stereocenters. The number of H-pyrrole nitrogens is 1. The molecule has 2 rings (SSSR count). The molecular formula is C15H18N4O. The molecule has 0 saturated carbocycles. The maximum atomic E-state index is 11.8. The average molecular weight is 270 g/mol. The van der Waals surface area contributed by atoms with Gasteiger partial charge < -0.3 is 11.1 Å². The molecule has 20 heavy (non-hydrogen) atoms. The fourth-order valence-electron chi connectivity index (χ4n) is 1.64. The maximum absolute atomic E-state index is 11.8. The lowest BCUT2D eigenvalue weighted by Crippen LogP contribution is -2.07. The van der Waals surface area contributed by atoms with Crippen molar-refractivity contribution in [2.24, 2.45) is 0 Å². The number of rotatable bonds is 4. The predicted molar refractivity (Wildman–Crippen MR) is 81.2 cm³/mol. The molecule has 2 aromatic rings. The monoisotopic (exact) mass is 270 g/mol. The van der Waals surface area contributed by atoms with Gasteiger partial charge in [0, 0.05) is 23.5 Å². The van der Waals surface area contributed by atoms with Crippen LogP contribution in [0, 0.1) is 0 Å². The Morgan fingerprint density at radius 3 is 2.65 bits per heavy atom. The van der Waals surface area contributed by atoms with E-state index in [0.717, 1.165) is 11.3 Å². The van der Waals surface area contributed by atoms with Crippen LogP contribution < -0.4 is 11.1 Å². The molecule has 5 heteroatoms. The molecule has 1 aromatic heterocycles. The summed E-state index contributed by atoms with van der Waals surface area (Å²) in [7, 11) is 0. The first-order chi connectivity index (χ1) is 9.54. The first-order valence-electron chi connectivity index (χ1n) is 6.44. The molecule has 0 atom stereocenters. The lowest BCUT2D eigenvalue weighted by Gasteiger charge is -1.98. The number of carbonyl (C=O) groups is 1. The number of aromatic nitrogens is 2. The van der Waals surface area contributed by atoms with E-state index in [2.05, 4.69) is 29.4 Å². The molecular weight excluding hydrogens is 252 g/mol. The second-order valence-corrected chi connectivity index (χ2v) is 4.85. The molecule has 0 aliphatic carbocycles. The Balaban J connectivity index is 1.96. The van der Waals surface area contributed by atoms with E-state index in [4.69, 9.17) is 5.73 Å². The summed E-state index contributed by atoms with van der Waals surface area (Å²) >= 11 is 0. The normalized spacial score (nSPS) is 11.2. The first-order valence-corrected chi connectivity index (χ1v) is 6.44. The van der Waals surface area contributed by atoms with Gasteiger partial charge in [-0.2, -0.15) is 5.10 Å². The van der Waals surface area contributed by atoms with Gasteiger partial charge in [0.1, 0.15) is 0 Å². The first kappa shape index (κ1) is 13.9. The largest absolute Gasteiger partial charge is 0.399 e. The van der Waals surface area contributed by atoms with Crippen molar-refractivity contribution >= 4 is 23.5 Å². The highest BCUT2D eigenvalue weighted by Gasteiger charge is 2.05. The van der Waals surface area contributed by atoms with Crippen LogP contribution in [-0.4, -0.2) is 16.1 Å². The van der Waals surface area contributed by atoms with Crippen LogP contribution in [-0.2, 0) is 4.79 Å². The zero-order valence-corrected chi connectivity index (χ0v) is 11.6. The molecule has 0 spiro atoms. The lowest BCUT2D eigenvalue weighted by atomic mass is 10.1. The van der Waals surface area contributed by atoms with E-state index in [1.165, 1.54) is 6.08 Å². The number of benzene rings is 1. The molecule has 0 aliphatic rings. The average Bonchev–Trinajstić information content (AvgIpc) is 2.87. The smallest absolute Gasteiger partial charge is 0.249 e. The Labute approximate surface area is 117 Å². The maximum Gasteiger partial charge on any atom is 0.249 e. The van der Waals surface area contributed by atoms with Crippen LogP contribution in [0.4, 0.5) is 11.5 Å². The number of aromatic amines is 1. The fraction of sp³-hybridized carbons (Fsp3) is 0.200. The Kier molecular flexibility index (Phi) is 4.20. The molecule has 0 fully saturated rings. The van der Waals surface area contributed by atoms with E-state index in [9.17, 15) is 4.79 Å². The van der Waals surface area contributed by atoms with Gasteiger partial charge in [-0.3, -0.25) is 9.89 Å². The Morgan fingerprint density at radius 1 is 1.35 bits per heavy atom. The summed E-state index contributed by atoms with van der Waals surface area (Å²) in [6.45, 7) is 4.11. The minimum Gasteiger partial charge on any atom is -0.399 e. The van der Waals surface area contributed by atoms with Crippen LogP contribution in [0.1, 0.15) is 31.0 Å². The topological polar surface area (TPSA) is 83.8 Å². The Bertz CT molecular complexity index is 611. The van der Waals surface area contributed by atoms with Crippen LogP contribution in [0.25, 0.3) is 6.08 Å². The third-order valence-corrected chi connectivity index (χ3v) is 2.83. The number of nitrogens with two attached hydrogens (primary N) is 1. The summed E-state index contributed by atoms with van der Waals surface area (Å²) in [5.74, 6) is 0.655. The van der Waals surface area contributed by atoms with Gasteiger partial charge in [-0.05, 0) is 29.7 Å². The summed E-state index contributed by atoms with van der Waals surface area (Å²) < 4.78 is 0. The number of hydrogen-bond donors (Lipinski definition) is 3. The van der Waals surface area contributed by atoms with Crippen LogP contribution in [0.5, 0.6) is 0 Å². The molecule has 1 aromatic carbocycles. The minimum atomic E-state index is -0.219. The van der Waals surface area contributed by atoms with E-state index < -0.39 is 0 Å². The van der Waals surface area contributed by atoms with Crippen molar-refractivity contribution in [3.8, 4) is 0 Å². The van der Waals surface area contributed by atoms with Crippen molar-refractivity contribution in [1.82, 2.24) is 10.2 Å². The van der Waals surface area contributed by atoms with Gasteiger partial charge in [0.25, 0.3) is 0 Å². The number of amides is 1. The molecule has 0 radical (unpaired) electrons. The van der Waals surface area contributed by atoms with Crippen LogP contribution in [0.15, 0.2) is 36.4 Å². The Morgan fingerprint density at radius 2 is 2.05 bits per heavy atom. The van der Waals surface area contributed by atoms with E-state index in [1.54, 1.807) is 18.2 Å². The molecule has 5 nitrogen and oxygen atoms in total. The second-order valence-electron chi connectivity index (χ2n) is 4.85. The highest BCUT2D eigenvalue weighted by atomic mass is 16.1. The highest BCUT2D eigenvalue weighted by molar-refractivity contribution is 6.01. The third-order valence-electron chi connectivity index (χ3n) is 2.83. The van der Waals surface area contributed by atoms with Crippen molar-refractivity contribution in [2.45, 2.75) is 19.8 Å². The van der Waals surface area contributed by atoms with Gasteiger partial charge >= 0.3 is 0 Å². The predicted octanol–water partition coefficient (Wildman–Crippen LogP) is 2.77. The second kappa shape index (κ2) is 6.06. The van der Waals surface area contributed by atoms with Gasteiger partial charge in [-0.1, -0.05) is 26.0 Å². The van der Waals surface area contributed by atoms with Crippen molar-refractivity contribution in [2.75, 3.05) is 11.1 Å². The van der Waals surface area contributed by atoms with Gasteiger partial charge in [-0.25, -0.2) is 0 Å². The van der Waals surface area contributed by atoms with E-state index in [-0.39, 0.29) is 5.91 Å². The summed E-state index contributed by atoms with van der Waals surface area (Å²) in [6.07, 6.45) is 3.19. The number of nitrogens with one attached hydrogen (secondary N) is 2. The molecule has 0 aliphatic heterocycles. The van der Waals surface area contributed by atoms with E-state index >= 15 is 0 Å². The number of carbonyl (C=O) groups excluding carboxylic acids is 1. The van der Waals surface area contributed by atoms with Gasteiger partial charge in [-0.15, -0.1) is 0 Å². The van der Waals surface area contributed by atoms with Crippen molar-refractivity contribution < 1.29 is 4.79 Å². The lowest BCUT2D eigenvalue weighted by molar-refractivity contribution is -0.111. The van der Waals surface area contributed by atoms with Gasteiger partial charge in [0.2, 0.25) is 5.91 Å². The quantitative estimate of drug-likeness (QED) is 0.590. The molecule has 1 heterocycles. The summed E-state index contributed by atoms with van der Waals surface area (Å²) in [5, 5.41) is 9.63. The number of hydrogen-bond acceptors (Lipinski definition) is 3. The zero-order chi connectivity index (χ0) is 14.5. The van der Waals surface area contributed by atoms with Crippen molar-refractivity contribution in [3.05, 3.63) is 47.7 Å². The van der Waals surface area contributed by atoms with Crippen molar-refractivity contribution in [1.29, 1.82) is 0 Å². The minimum absolute atomic E-state index is 0.219. The molecule has 0 saturated heterocycles. The van der Waals surface area contributed by atoms with Gasteiger partial charge in [0.15, 0.2) is 5.82 Å². The van der Waals surface area contributed by atoms with Crippen molar-refractivity contribution in [3.63, 3.8) is 0 Å². The molecule has 104 valence electrons. The summed E-state index contributed by atoms with van der Waals surface area (Å²) in [4.78, 5) is 11.8. The summed E-state index contributed by atoms with van der Waals surface area (Å²) in [5.41, 5.74) is 8.20. The van der Waals surface area contributed by atoms with Crippen LogP contribution in [0.2, 0.25) is 0 Å². The molecule has 4 N–H and O–H groups in total. The highest BCUT2D eigenvalue weighted by Crippen LogP contribution is 2.14. The molecule has 1 amide bonds. The SMILES string of the molecule is CC(C)c1cc(NC(=O)/C=C/c2ccc(N)cc2)n[nH]1. The number of anilines is 2. The Hall–Kier alpha value is -2.56. The number of nitrogen functional groups attached to an aromatic ring is 1. The van der Waals surface area contributed by atoms with Crippen LogP contribution in [0.3, 0.4) is 0 Å². The standard InChI is InChI=1S/C15H18N4O/c1-10(2)13-9-14(19-18-13)17-15(20)8-5-11-3-6-12(16)7-4-11/h3-10H,16H2,1-2H3,(H2,17,18,19,20)/b8-5+. The fourth-order valence-corrected chi connectivity index (χ4v) is 1.64. The van der Waals surface area contributed by atoms with Crippen LogP contribution >= 0.6 is 0 Å². The van der Waals surface area contributed by atoms with E-state index in [1.807, 2.05) is 18.2 Å². The third kappa shape index (κ3) is 3.71. The van der Waals surface area contributed by atoms with Gasteiger partial charge in [0.05, 0.1) is 0 Å². The van der Waals surface area contributed by atoms with E-state index in [0.29, 0.717) is 17.4 Å². The summed E-state index contributed by atoms with van der Waals surface area (Å²) in [6, 6.07) is 9.12.